The van der Waals surface area contributed by atoms with E-state index in [1.807, 2.05) is 20.8 Å². The maximum atomic E-state index is 3.73. The number of hydrogen-bond acceptors (Lipinski definition) is 3. The van der Waals surface area contributed by atoms with Gasteiger partial charge < -0.3 is 0 Å². The van der Waals surface area contributed by atoms with Crippen molar-refractivity contribution in [2.75, 3.05) is 0 Å². The molecule has 1 aromatic heterocycles. The molecule has 0 saturated carbocycles. The number of hydrogen-bond donors (Lipinski definition) is 0. The summed E-state index contributed by atoms with van der Waals surface area (Å²) >= 11 is 0. The van der Waals surface area contributed by atoms with Crippen molar-refractivity contribution >= 4 is 0 Å². The first-order chi connectivity index (χ1) is 4.43. The van der Waals surface area contributed by atoms with Crippen molar-refractivity contribution in [3.63, 3.8) is 0 Å². The number of nitrogens with zero attached hydrogens (tertiary/aromatic N) is 4. The Morgan fingerprint density at radius 1 is 1.44 bits per heavy atom. The second kappa shape index (κ2) is 5.21. The van der Waals surface area contributed by atoms with E-state index in [2.05, 4.69) is 15.4 Å². The fourth-order valence-electron chi connectivity index (χ4n) is 0.333. The van der Waals surface area contributed by atoms with Crippen LogP contribution in [0.2, 0.25) is 0 Å². The van der Waals surface area contributed by atoms with Gasteiger partial charge >= 0.3 is 0 Å². The molecule has 0 spiro atoms. The van der Waals surface area contributed by atoms with Gasteiger partial charge in [-0.1, -0.05) is 13.8 Å². The Kier molecular flexibility index (Phi) is 4.67. The van der Waals surface area contributed by atoms with Crippen LogP contribution in [-0.4, -0.2) is 20.2 Å². The lowest BCUT2D eigenvalue weighted by Crippen LogP contribution is -1.97. The molecule has 0 atom stereocenters. The van der Waals surface area contributed by atoms with Gasteiger partial charge in [0.05, 0.1) is 6.54 Å². The van der Waals surface area contributed by atoms with Crippen molar-refractivity contribution in [2.45, 2.75) is 27.3 Å². The first-order valence-electron chi connectivity index (χ1n) is 3.14. The van der Waals surface area contributed by atoms with Gasteiger partial charge in [-0.3, -0.25) is 0 Å². The lowest BCUT2D eigenvalue weighted by Gasteiger charge is -1.82. The molecule has 0 aromatic carbocycles. The largest absolute Gasteiger partial charge is 0.165 e. The van der Waals surface area contributed by atoms with Gasteiger partial charge in [-0.25, -0.2) is 0 Å². The van der Waals surface area contributed by atoms with Gasteiger partial charge in [0.15, 0.2) is 6.33 Å². The van der Waals surface area contributed by atoms with Crippen LogP contribution in [0, 0.1) is 0 Å². The van der Waals surface area contributed by atoms with Gasteiger partial charge in [-0.2, -0.15) is 4.80 Å². The number of aromatic nitrogens is 4. The second-order valence-corrected chi connectivity index (χ2v) is 1.12. The molecule has 0 saturated heterocycles. The van der Waals surface area contributed by atoms with Gasteiger partial charge in [0, 0.05) is 0 Å². The van der Waals surface area contributed by atoms with Crippen molar-refractivity contribution in [2.24, 2.45) is 0 Å². The van der Waals surface area contributed by atoms with Crippen LogP contribution >= 0.6 is 0 Å². The van der Waals surface area contributed by atoms with E-state index in [4.69, 9.17) is 0 Å². The molecule has 0 unspecified atom stereocenters. The van der Waals surface area contributed by atoms with Crippen molar-refractivity contribution in [3.05, 3.63) is 6.33 Å². The highest BCUT2D eigenvalue weighted by atomic mass is 15.6. The molecule has 0 aliphatic heterocycles. The summed E-state index contributed by atoms with van der Waals surface area (Å²) in [5.41, 5.74) is 0. The molecule has 4 heteroatoms. The van der Waals surface area contributed by atoms with E-state index in [1.54, 1.807) is 0 Å². The fraction of sp³-hybridized carbons (Fsp3) is 0.800. The number of aryl methyl sites for hydroxylation is 1. The summed E-state index contributed by atoms with van der Waals surface area (Å²) < 4.78 is 0. The van der Waals surface area contributed by atoms with E-state index >= 15 is 0 Å². The molecule has 52 valence electrons. The second-order valence-electron chi connectivity index (χ2n) is 1.12. The van der Waals surface area contributed by atoms with E-state index < -0.39 is 0 Å². The maximum Gasteiger partial charge on any atom is 0.162 e. The summed E-state index contributed by atoms with van der Waals surface area (Å²) in [7, 11) is 0. The minimum atomic E-state index is 0.792. The predicted octanol–water partition coefficient (Wildman–Crippen LogP) is 0.719. The summed E-state index contributed by atoms with van der Waals surface area (Å²) in [6, 6.07) is 0. The molecule has 0 bridgehead atoms. The summed E-state index contributed by atoms with van der Waals surface area (Å²) in [5, 5.41) is 10.8. The third kappa shape index (κ3) is 2.79. The zero-order chi connectivity index (χ0) is 7.11. The average molecular weight is 128 g/mol. The van der Waals surface area contributed by atoms with E-state index in [-0.39, 0.29) is 0 Å². The summed E-state index contributed by atoms with van der Waals surface area (Å²) in [6.45, 7) is 6.75. The molecule has 1 heterocycles. The van der Waals surface area contributed by atoms with E-state index in [0.717, 1.165) is 6.54 Å². The Balaban J connectivity index is 0.000000291. The van der Waals surface area contributed by atoms with Gasteiger partial charge in [0.1, 0.15) is 0 Å². The van der Waals surface area contributed by atoms with Crippen LogP contribution in [0.1, 0.15) is 20.8 Å². The van der Waals surface area contributed by atoms with Gasteiger partial charge in [-0.15, -0.1) is 10.2 Å². The third-order valence-corrected chi connectivity index (χ3v) is 0.674. The van der Waals surface area contributed by atoms with E-state index in [9.17, 15) is 0 Å². The van der Waals surface area contributed by atoms with Crippen LogP contribution in [0.5, 0.6) is 0 Å². The molecule has 0 aliphatic carbocycles. The molecule has 0 N–H and O–H groups in total. The highest BCUT2D eigenvalue weighted by Crippen LogP contribution is 1.67. The number of rotatable bonds is 1. The van der Waals surface area contributed by atoms with Crippen molar-refractivity contribution in [3.8, 4) is 0 Å². The Hall–Kier alpha value is -0.930. The van der Waals surface area contributed by atoms with E-state index in [1.165, 1.54) is 11.1 Å². The summed E-state index contributed by atoms with van der Waals surface area (Å²) in [4.78, 5) is 1.51. The third-order valence-electron chi connectivity index (χ3n) is 0.674. The molecule has 0 amide bonds. The van der Waals surface area contributed by atoms with Crippen LogP contribution in [-0.2, 0) is 6.54 Å². The van der Waals surface area contributed by atoms with Crippen LogP contribution in [0.4, 0.5) is 0 Å². The number of tetrazole rings is 1. The molecule has 9 heavy (non-hydrogen) atoms. The van der Waals surface area contributed by atoms with Gasteiger partial charge in [0.2, 0.25) is 0 Å². The standard InChI is InChI=1S/C3H6N4.C2H6/c1-2-7-5-3-4-6-7;1-2/h3H,2H2,1H3;1-2H3. The zero-order valence-corrected chi connectivity index (χ0v) is 6.07. The summed E-state index contributed by atoms with van der Waals surface area (Å²) in [5.74, 6) is 0. The van der Waals surface area contributed by atoms with Crippen LogP contribution in [0.3, 0.4) is 0 Å². The molecular weight excluding hydrogens is 116 g/mol. The quantitative estimate of drug-likeness (QED) is 0.559. The molecule has 0 fully saturated rings. The lowest BCUT2D eigenvalue weighted by molar-refractivity contribution is 0.552. The monoisotopic (exact) mass is 128 g/mol. The van der Waals surface area contributed by atoms with E-state index in [0.29, 0.717) is 0 Å². The highest BCUT2D eigenvalue weighted by Gasteiger charge is 1.80. The first kappa shape index (κ1) is 8.07. The molecule has 1 aromatic rings. The Bertz CT molecular complexity index is 124. The minimum absolute atomic E-state index is 0.792. The predicted molar refractivity (Wildman–Crippen MR) is 34.8 cm³/mol. The summed E-state index contributed by atoms with van der Waals surface area (Å²) in [6.07, 6.45) is 1.42. The zero-order valence-electron chi connectivity index (χ0n) is 6.07. The smallest absolute Gasteiger partial charge is 0.162 e. The van der Waals surface area contributed by atoms with Gasteiger partial charge in [-0.05, 0) is 12.1 Å². The SMILES string of the molecule is CC.CCn1ncnn1. The molecular formula is C5H12N4. The Morgan fingerprint density at radius 3 is 2.33 bits per heavy atom. The van der Waals surface area contributed by atoms with Crippen molar-refractivity contribution in [1.29, 1.82) is 0 Å². The van der Waals surface area contributed by atoms with Crippen molar-refractivity contribution in [1.82, 2.24) is 20.2 Å². The highest BCUT2D eigenvalue weighted by molar-refractivity contribution is 4.34. The molecule has 4 nitrogen and oxygen atoms in total. The van der Waals surface area contributed by atoms with Crippen LogP contribution < -0.4 is 0 Å². The van der Waals surface area contributed by atoms with Crippen LogP contribution in [0.15, 0.2) is 6.33 Å². The normalized spacial score (nSPS) is 7.89. The van der Waals surface area contributed by atoms with Crippen molar-refractivity contribution < 1.29 is 0 Å². The molecule has 0 radical (unpaired) electrons. The first-order valence-corrected chi connectivity index (χ1v) is 3.14. The fourth-order valence-corrected chi connectivity index (χ4v) is 0.333. The lowest BCUT2D eigenvalue weighted by atomic mass is 10.8. The topological polar surface area (TPSA) is 43.6 Å². The molecule has 1 rings (SSSR count). The molecule has 0 aliphatic rings. The Morgan fingerprint density at radius 2 is 2.11 bits per heavy atom. The maximum absolute atomic E-state index is 3.73. The average Bonchev–Trinajstić information content (AvgIpc) is 2.43. The van der Waals surface area contributed by atoms with Crippen LogP contribution in [0.25, 0.3) is 0 Å². The minimum Gasteiger partial charge on any atom is -0.165 e. The van der Waals surface area contributed by atoms with Gasteiger partial charge in [0.25, 0.3) is 0 Å². The Labute approximate surface area is 54.9 Å².